The predicted octanol–water partition coefficient (Wildman–Crippen LogP) is 1.14. The van der Waals surface area contributed by atoms with Crippen LogP contribution in [0.4, 0.5) is 5.82 Å². The van der Waals surface area contributed by atoms with Crippen LogP contribution in [0.1, 0.15) is 29.8 Å². The van der Waals surface area contributed by atoms with Crippen molar-refractivity contribution >= 4 is 29.3 Å². The number of nitrogens with two attached hydrogens (primary N) is 1. The Morgan fingerprint density at radius 2 is 1.75 bits per heavy atom. The van der Waals surface area contributed by atoms with Gasteiger partial charge in [-0.3, -0.25) is 23.5 Å². The van der Waals surface area contributed by atoms with Crippen molar-refractivity contribution in [2.45, 2.75) is 26.9 Å². The van der Waals surface area contributed by atoms with Crippen molar-refractivity contribution in [2.24, 2.45) is 0 Å². The molecule has 0 unspecified atom stereocenters. The lowest BCUT2D eigenvalue weighted by Crippen LogP contribution is -2.44. The zero-order valence-corrected chi connectivity index (χ0v) is 16.7. The number of carbonyl (C=O) groups excluding carboxylic acids is 2. The molecule has 28 heavy (non-hydrogen) atoms. The summed E-state index contributed by atoms with van der Waals surface area (Å²) in [6, 6.07) is 9.14. The molecule has 0 saturated carbocycles. The topological polar surface area (TPSA) is 113 Å². The van der Waals surface area contributed by atoms with Gasteiger partial charge < -0.3 is 10.5 Å². The van der Waals surface area contributed by atoms with Gasteiger partial charge in [0.25, 0.3) is 5.56 Å². The highest BCUT2D eigenvalue weighted by molar-refractivity contribution is 8.00. The standard InChI is InChI=1S/C19H23N3O5S/c1-3-21-18(25)16(14(23)11-28-12-15(24)27-4-2)17(20)22(19(21)26)10-13-8-6-5-7-9-13/h5-9H,3-4,10-12,20H2,1-2H3. The number of ketones is 1. The molecule has 1 aromatic heterocycles. The van der Waals surface area contributed by atoms with Crippen LogP contribution in [0.15, 0.2) is 39.9 Å². The number of carbonyl (C=O) groups is 2. The number of hydrogen-bond donors (Lipinski definition) is 1. The first kappa shape index (κ1) is 21.5. The zero-order chi connectivity index (χ0) is 20.7. The third-order valence-electron chi connectivity index (χ3n) is 4.00. The molecule has 0 fully saturated rings. The molecule has 1 aromatic carbocycles. The molecule has 0 saturated heterocycles. The Bertz CT molecular complexity index is 966. The van der Waals surface area contributed by atoms with Gasteiger partial charge >= 0.3 is 11.7 Å². The summed E-state index contributed by atoms with van der Waals surface area (Å²) in [6.45, 7) is 3.85. The minimum Gasteiger partial charge on any atom is -0.465 e. The molecule has 0 aliphatic rings. The van der Waals surface area contributed by atoms with Crippen LogP contribution in [0.25, 0.3) is 0 Å². The van der Waals surface area contributed by atoms with E-state index in [1.54, 1.807) is 13.8 Å². The summed E-state index contributed by atoms with van der Waals surface area (Å²) in [5.41, 5.74) is 5.37. The monoisotopic (exact) mass is 405 g/mol. The van der Waals surface area contributed by atoms with Gasteiger partial charge in [0.05, 0.1) is 24.7 Å². The number of nitrogens with zero attached hydrogens (tertiary/aromatic N) is 2. The fourth-order valence-electron chi connectivity index (χ4n) is 2.68. The molecule has 150 valence electrons. The summed E-state index contributed by atoms with van der Waals surface area (Å²) in [5.74, 6) is -1.25. The number of thioether (sulfide) groups is 1. The van der Waals surface area contributed by atoms with Crippen LogP contribution in [0, 0.1) is 0 Å². The number of ether oxygens (including phenoxy) is 1. The van der Waals surface area contributed by atoms with E-state index in [9.17, 15) is 19.2 Å². The summed E-state index contributed by atoms with van der Waals surface area (Å²) >= 11 is 1.03. The normalized spacial score (nSPS) is 10.6. The van der Waals surface area contributed by atoms with Crippen LogP contribution in [-0.2, 0) is 22.6 Å². The smallest absolute Gasteiger partial charge is 0.332 e. The second-order valence-corrected chi connectivity index (χ2v) is 6.87. The summed E-state index contributed by atoms with van der Waals surface area (Å²) in [7, 11) is 0. The molecule has 9 heteroatoms. The first-order valence-electron chi connectivity index (χ1n) is 8.84. The molecule has 2 N–H and O–H groups in total. The van der Waals surface area contributed by atoms with E-state index in [1.165, 1.54) is 4.57 Å². The van der Waals surface area contributed by atoms with Gasteiger partial charge in [-0.05, 0) is 19.4 Å². The quantitative estimate of drug-likeness (QED) is 0.491. The Kier molecular flexibility index (Phi) is 7.62. The average molecular weight is 405 g/mol. The van der Waals surface area contributed by atoms with Crippen LogP contribution >= 0.6 is 11.8 Å². The van der Waals surface area contributed by atoms with Crippen molar-refractivity contribution in [3.05, 3.63) is 62.3 Å². The predicted molar refractivity (Wildman–Crippen MR) is 109 cm³/mol. The maximum absolute atomic E-state index is 12.7. The summed E-state index contributed by atoms with van der Waals surface area (Å²) < 4.78 is 7.02. The number of rotatable bonds is 9. The van der Waals surface area contributed by atoms with Crippen LogP contribution in [0.5, 0.6) is 0 Å². The SMILES string of the molecule is CCOC(=O)CSCC(=O)c1c(N)n(Cc2ccccc2)c(=O)n(CC)c1=O. The number of aromatic nitrogens is 2. The number of anilines is 1. The van der Waals surface area contributed by atoms with Gasteiger partial charge in [0, 0.05) is 6.54 Å². The second kappa shape index (κ2) is 9.93. The number of benzene rings is 1. The van der Waals surface area contributed by atoms with Crippen molar-refractivity contribution in [1.82, 2.24) is 9.13 Å². The lowest BCUT2D eigenvalue weighted by atomic mass is 10.2. The minimum atomic E-state index is -0.712. The summed E-state index contributed by atoms with van der Waals surface area (Å²) in [5, 5.41) is 0. The van der Waals surface area contributed by atoms with Crippen LogP contribution < -0.4 is 17.0 Å². The van der Waals surface area contributed by atoms with Gasteiger partial charge in [0.2, 0.25) is 0 Å². The molecular formula is C19H23N3O5S. The molecule has 0 amide bonds. The highest BCUT2D eigenvalue weighted by Gasteiger charge is 2.22. The van der Waals surface area contributed by atoms with E-state index in [0.717, 1.165) is 21.9 Å². The average Bonchev–Trinajstić information content (AvgIpc) is 2.66. The van der Waals surface area contributed by atoms with Crippen molar-refractivity contribution in [3.63, 3.8) is 0 Å². The van der Waals surface area contributed by atoms with Gasteiger partial charge in [0.15, 0.2) is 5.78 Å². The molecule has 0 atom stereocenters. The third kappa shape index (κ3) is 4.92. The fourth-order valence-corrected chi connectivity index (χ4v) is 3.36. The summed E-state index contributed by atoms with van der Waals surface area (Å²) in [6.07, 6.45) is 0. The molecule has 2 aromatic rings. The Hall–Kier alpha value is -2.81. The number of esters is 1. The van der Waals surface area contributed by atoms with E-state index in [-0.39, 0.29) is 42.6 Å². The number of Topliss-reactive ketones (excluding diaryl/α,β-unsaturated/α-hetero) is 1. The maximum atomic E-state index is 12.7. The van der Waals surface area contributed by atoms with Crippen molar-refractivity contribution < 1.29 is 14.3 Å². The lowest BCUT2D eigenvalue weighted by molar-refractivity contribution is -0.139. The highest BCUT2D eigenvalue weighted by Crippen LogP contribution is 2.12. The van der Waals surface area contributed by atoms with Crippen LogP contribution in [0.2, 0.25) is 0 Å². The van der Waals surface area contributed by atoms with Gasteiger partial charge in [-0.2, -0.15) is 0 Å². The molecular weight excluding hydrogens is 382 g/mol. The second-order valence-electron chi connectivity index (χ2n) is 5.88. The van der Waals surface area contributed by atoms with Crippen molar-refractivity contribution in [3.8, 4) is 0 Å². The third-order valence-corrected chi connectivity index (χ3v) is 4.91. The zero-order valence-electron chi connectivity index (χ0n) is 15.8. The molecule has 0 spiro atoms. The van der Waals surface area contributed by atoms with Gasteiger partial charge in [-0.15, -0.1) is 11.8 Å². The molecule has 1 heterocycles. The molecule has 8 nitrogen and oxygen atoms in total. The van der Waals surface area contributed by atoms with Crippen molar-refractivity contribution in [1.29, 1.82) is 0 Å². The Morgan fingerprint density at radius 1 is 1.07 bits per heavy atom. The molecule has 0 aliphatic heterocycles. The first-order chi connectivity index (χ1) is 13.4. The van der Waals surface area contributed by atoms with E-state index < -0.39 is 23.0 Å². The van der Waals surface area contributed by atoms with E-state index in [2.05, 4.69) is 0 Å². The Morgan fingerprint density at radius 3 is 2.36 bits per heavy atom. The number of nitrogen functional groups attached to an aromatic ring is 1. The Balaban J connectivity index is 2.37. The fraction of sp³-hybridized carbons (Fsp3) is 0.368. The lowest BCUT2D eigenvalue weighted by Gasteiger charge is -2.15. The minimum absolute atomic E-state index is 0.00882. The van der Waals surface area contributed by atoms with E-state index in [4.69, 9.17) is 10.5 Å². The Labute approximate surface area is 166 Å². The van der Waals surface area contributed by atoms with Crippen LogP contribution in [0.3, 0.4) is 0 Å². The largest absolute Gasteiger partial charge is 0.465 e. The molecule has 0 bridgehead atoms. The number of hydrogen-bond acceptors (Lipinski definition) is 7. The highest BCUT2D eigenvalue weighted by atomic mass is 32.2. The van der Waals surface area contributed by atoms with Crippen molar-refractivity contribution in [2.75, 3.05) is 23.8 Å². The molecule has 2 rings (SSSR count). The molecule has 0 radical (unpaired) electrons. The van der Waals surface area contributed by atoms with E-state index in [1.807, 2.05) is 30.3 Å². The summed E-state index contributed by atoms with van der Waals surface area (Å²) in [4.78, 5) is 49.3. The van der Waals surface area contributed by atoms with E-state index >= 15 is 0 Å². The van der Waals surface area contributed by atoms with E-state index in [0.29, 0.717) is 0 Å². The molecule has 0 aliphatic carbocycles. The van der Waals surface area contributed by atoms with Gasteiger partial charge in [0.1, 0.15) is 11.4 Å². The van der Waals surface area contributed by atoms with Gasteiger partial charge in [-0.1, -0.05) is 30.3 Å². The van der Waals surface area contributed by atoms with Gasteiger partial charge in [-0.25, -0.2) is 4.79 Å². The van der Waals surface area contributed by atoms with Crippen LogP contribution in [-0.4, -0.2) is 39.0 Å². The maximum Gasteiger partial charge on any atom is 0.332 e. The first-order valence-corrected chi connectivity index (χ1v) is 9.99.